The Kier molecular flexibility index (Phi) is 5.38. The number of hydrogen-bond donors (Lipinski definition) is 1. The average Bonchev–Trinajstić information content (AvgIpc) is 2.56. The topological polar surface area (TPSA) is 97.0 Å². The molecule has 0 saturated carbocycles. The highest BCUT2D eigenvalue weighted by atomic mass is 32.2. The van der Waals surface area contributed by atoms with Crippen LogP contribution in [0.15, 0.2) is 40.9 Å². The summed E-state index contributed by atoms with van der Waals surface area (Å²) in [6, 6.07) is 9.77. The molecule has 0 amide bonds. The van der Waals surface area contributed by atoms with Gasteiger partial charge in [-0.05, 0) is 43.0 Å². The third-order valence-electron chi connectivity index (χ3n) is 3.74. The number of sulfonamides is 1. The van der Waals surface area contributed by atoms with Gasteiger partial charge in [0.25, 0.3) is 0 Å². The Morgan fingerprint density at radius 1 is 1.30 bits per heavy atom. The molecule has 1 fully saturated rings. The number of anilines is 1. The van der Waals surface area contributed by atoms with E-state index >= 15 is 0 Å². The molecule has 0 aromatic heterocycles. The summed E-state index contributed by atoms with van der Waals surface area (Å²) in [5.41, 5.74) is 0.558. The first-order valence-electron chi connectivity index (χ1n) is 7.34. The monoisotopic (exact) mass is 330 g/mol. The van der Waals surface area contributed by atoms with Gasteiger partial charge in [-0.25, -0.2) is 8.42 Å². The molecule has 1 aromatic rings. The molecule has 1 N–H and O–H groups in total. The highest BCUT2D eigenvalue weighted by Gasteiger charge is 2.28. The fourth-order valence-electron chi connectivity index (χ4n) is 2.48. The van der Waals surface area contributed by atoms with E-state index in [1.165, 1.54) is 22.6 Å². The molecule has 0 radical (unpaired) electrons. The van der Waals surface area contributed by atoms with Crippen molar-refractivity contribution in [2.45, 2.75) is 24.7 Å². The zero-order chi connectivity index (χ0) is 16.9. The standard InChI is InChI=1S/C16H18N4O2S/c1-13-3-2-8-20(12-13)23(21,22)16-6-4-15(5-7-16)19-11-14(9-17)10-18/h4-7,11,13,19H,2-3,8,12H2,1H3. The van der Waals surface area contributed by atoms with Crippen LogP contribution < -0.4 is 5.32 Å². The lowest BCUT2D eigenvalue weighted by atomic mass is 10.0. The molecule has 2 rings (SSSR count). The molecule has 1 saturated heterocycles. The molecule has 1 heterocycles. The lowest BCUT2D eigenvalue weighted by molar-refractivity contribution is 0.281. The van der Waals surface area contributed by atoms with Crippen LogP contribution in [-0.4, -0.2) is 25.8 Å². The van der Waals surface area contributed by atoms with Crippen molar-refractivity contribution in [2.75, 3.05) is 18.4 Å². The number of nitriles is 2. The van der Waals surface area contributed by atoms with Crippen LogP contribution >= 0.6 is 0 Å². The van der Waals surface area contributed by atoms with Crippen LogP contribution in [-0.2, 0) is 10.0 Å². The van der Waals surface area contributed by atoms with Gasteiger partial charge in [-0.3, -0.25) is 0 Å². The number of rotatable bonds is 4. The fraction of sp³-hybridized carbons (Fsp3) is 0.375. The molecule has 1 aliphatic heterocycles. The van der Waals surface area contributed by atoms with Gasteiger partial charge in [-0.1, -0.05) is 6.92 Å². The van der Waals surface area contributed by atoms with E-state index in [9.17, 15) is 8.42 Å². The van der Waals surface area contributed by atoms with E-state index in [-0.39, 0.29) is 10.5 Å². The van der Waals surface area contributed by atoms with E-state index in [0.29, 0.717) is 24.7 Å². The quantitative estimate of drug-likeness (QED) is 0.855. The Hall–Kier alpha value is -2.35. The van der Waals surface area contributed by atoms with Crippen molar-refractivity contribution >= 4 is 15.7 Å². The van der Waals surface area contributed by atoms with Crippen LogP contribution in [0.25, 0.3) is 0 Å². The normalized spacial score (nSPS) is 18.5. The molecule has 120 valence electrons. The van der Waals surface area contributed by atoms with Crippen molar-refractivity contribution in [1.29, 1.82) is 10.5 Å². The molecule has 1 aliphatic rings. The maximum Gasteiger partial charge on any atom is 0.243 e. The van der Waals surface area contributed by atoms with Gasteiger partial charge in [-0.15, -0.1) is 0 Å². The van der Waals surface area contributed by atoms with E-state index in [0.717, 1.165) is 12.8 Å². The largest absolute Gasteiger partial charge is 0.360 e. The molecule has 0 bridgehead atoms. The van der Waals surface area contributed by atoms with Crippen LogP contribution in [0, 0.1) is 28.6 Å². The fourth-order valence-corrected chi connectivity index (χ4v) is 4.08. The average molecular weight is 330 g/mol. The summed E-state index contributed by atoms with van der Waals surface area (Å²) in [6.07, 6.45) is 3.23. The van der Waals surface area contributed by atoms with E-state index < -0.39 is 10.0 Å². The maximum atomic E-state index is 12.6. The molecular formula is C16H18N4O2S. The Balaban J connectivity index is 2.14. The van der Waals surface area contributed by atoms with Crippen molar-refractivity contribution in [3.05, 3.63) is 36.0 Å². The van der Waals surface area contributed by atoms with Gasteiger partial charge in [0.15, 0.2) is 0 Å². The van der Waals surface area contributed by atoms with E-state index in [1.54, 1.807) is 24.3 Å². The summed E-state index contributed by atoms with van der Waals surface area (Å²) in [5.74, 6) is 0.375. The summed E-state index contributed by atoms with van der Waals surface area (Å²) < 4.78 is 26.8. The first-order chi connectivity index (χ1) is 11.0. The van der Waals surface area contributed by atoms with Crippen LogP contribution in [0.5, 0.6) is 0 Å². The number of hydrogen-bond acceptors (Lipinski definition) is 5. The Morgan fingerprint density at radius 3 is 2.52 bits per heavy atom. The SMILES string of the molecule is CC1CCCN(S(=O)(=O)c2ccc(NC=C(C#N)C#N)cc2)C1. The maximum absolute atomic E-state index is 12.6. The minimum absolute atomic E-state index is 0.0518. The summed E-state index contributed by atoms with van der Waals surface area (Å²) in [5, 5.41) is 20.1. The van der Waals surface area contributed by atoms with Gasteiger partial charge in [0.1, 0.15) is 17.7 Å². The molecule has 1 aromatic carbocycles. The van der Waals surface area contributed by atoms with Crippen molar-refractivity contribution in [1.82, 2.24) is 4.31 Å². The Morgan fingerprint density at radius 2 is 1.96 bits per heavy atom. The van der Waals surface area contributed by atoms with Gasteiger partial charge in [-0.2, -0.15) is 14.8 Å². The van der Waals surface area contributed by atoms with Gasteiger partial charge in [0.2, 0.25) is 10.0 Å². The van der Waals surface area contributed by atoms with Crippen molar-refractivity contribution in [3.63, 3.8) is 0 Å². The highest BCUT2D eigenvalue weighted by molar-refractivity contribution is 7.89. The molecular weight excluding hydrogens is 312 g/mol. The first-order valence-corrected chi connectivity index (χ1v) is 8.78. The predicted octanol–water partition coefficient (Wildman–Crippen LogP) is 2.45. The third kappa shape index (κ3) is 4.10. The van der Waals surface area contributed by atoms with E-state index in [1.807, 2.05) is 0 Å². The lowest BCUT2D eigenvalue weighted by Crippen LogP contribution is -2.39. The summed E-state index contributed by atoms with van der Waals surface area (Å²) >= 11 is 0. The zero-order valence-corrected chi connectivity index (χ0v) is 13.7. The number of benzene rings is 1. The number of piperidine rings is 1. The van der Waals surface area contributed by atoms with Crippen molar-refractivity contribution in [3.8, 4) is 12.1 Å². The van der Waals surface area contributed by atoms with E-state index in [2.05, 4.69) is 12.2 Å². The Labute approximate surface area is 136 Å². The highest BCUT2D eigenvalue weighted by Crippen LogP contribution is 2.24. The van der Waals surface area contributed by atoms with Gasteiger partial charge in [0.05, 0.1) is 4.90 Å². The minimum atomic E-state index is -3.47. The number of nitrogens with zero attached hydrogens (tertiary/aromatic N) is 3. The van der Waals surface area contributed by atoms with Crippen LogP contribution in [0.1, 0.15) is 19.8 Å². The predicted molar refractivity (Wildman–Crippen MR) is 86.5 cm³/mol. The van der Waals surface area contributed by atoms with Crippen LogP contribution in [0.3, 0.4) is 0 Å². The molecule has 6 nitrogen and oxygen atoms in total. The number of allylic oxidation sites excluding steroid dienone is 1. The summed E-state index contributed by atoms with van der Waals surface area (Å²) in [7, 11) is -3.47. The van der Waals surface area contributed by atoms with Crippen molar-refractivity contribution in [2.24, 2.45) is 5.92 Å². The van der Waals surface area contributed by atoms with Gasteiger partial charge >= 0.3 is 0 Å². The lowest BCUT2D eigenvalue weighted by Gasteiger charge is -2.30. The molecule has 1 unspecified atom stereocenters. The smallest absolute Gasteiger partial charge is 0.243 e. The molecule has 0 aliphatic carbocycles. The first kappa shape index (κ1) is 17.0. The molecule has 23 heavy (non-hydrogen) atoms. The molecule has 0 spiro atoms. The van der Waals surface area contributed by atoms with Crippen molar-refractivity contribution < 1.29 is 8.42 Å². The van der Waals surface area contributed by atoms with E-state index in [4.69, 9.17) is 10.5 Å². The second-order valence-corrected chi connectivity index (χ2v) is 7.50. The van der Waals surface area contributed by atoms with Crippen LogP contribution in [0.4, 0.5) is 5.69 Å². The zero-order valence-electron chi connectivity index (χ0n) is 12.9. The minimum Gasteiger partial charge on any atom is -0.360 e. The van der Waals surface area contributed by atoms with Gasteiger partial charge < -0.3 is 5.32 Å². The second-order valence-electron chi connectivity index (χ2n) is 5.56. The molecule has 7 heteroatoms. The summed E-state index contributed by atoms with van der Waals surface area (Å²) in [4.78, 5) is 0.252. The molecule has 1 atom stereocenters. The second kappa shape index (κ2) is 7.28. The number of nitrogens with one attached hydrogen (secondary N) is 1. The Bertz CT molecular complexity index is 754. The third-order valence-corrected chi connectivity index (χ3v) is 5.62. The van der Waals surface area contributed by atoms with Crippen LogP contribution in [0.2, 0.25) is 0 Å². The van der Waals surface area contributed by atoms with Gasteiger partial charge in [0, 0.05) is 25.0 Å². The summed E-state index contributed by atoms with van der Waals surface area (Å²) in [6.45, 7) is 3.17.